The minimum atomic E-state index is -4.47. The summed E-state index contributed by atoms with van der Waals surface area (Å²) in [6.07, 6.45) is -2.32. The summed E-state index contributed by atoms with van der Waals surface area (Å²) in [5.74, 6) is 1.08. The van der Waals surface area contributed by atoms with Crippen LogP contribution in [0.2, 0.25) is 0 Å². The van der Waals surface area contributed by atoms with Gasteiger partial charge >= 0.3 is 6.18 Å². The summed E-state index contributed by atoms with van der Waals surface area (Å²) in [5, 5.41) is 14.1. The van der Waals surface area contributed by atoms with Crippen LogP contribution in [0, 0.1) is 0 Å². The fourth-order valence-electron chi connectivity index (χ4n) is 3.34. The molecule has 7 heteroatoms. The summed E-state index contributed by atoms with van der Waals surface area (Å²) in [6, 6.07) is 12.5. The van der Waals surface area contributed by atoms with E-state index in [2.05, 4.69) is 5.32 Å². The Morgan fingerprint density at radius 2 is 1.90 bits per heavy atom. The number of nitrogens with one attached hydrogen (secondary N) is 1. The van der Waals surface area contributed by atoms with Crippen molar-refractivity contribution in [2.24, 2.45) is 0 Å². The molecule has 1 aromatic heterocycles. The topological polar surface area (TPSA) is 54.6 Å². The maximum absolute atomic E-state index is 13.2. The molecule has 0 radical (unpaired) electrons. The van der Waals surface area contributed by atoms with Crippen molar-refractivity contribution < 1.29 is 27.4 Å². The van der Waals surface area contributed by atoms with Crippen LogP contribution in [0.1, 0.15) is 36.7 Å². The Labute approximate surface area is 172 Å². The third-order valence-electron chi connectivity index (χ3n) is 4.97. The Hall–Kier alpha value is -3.09. The molecule has 4 nitrogen and oxygen atoms in total. The van der Waals surface area contributed by atoms with Crippen LogP contribution < -0.4 is 10.1 Å². The molecular formula is C23H22F3NO3. The summed E-state index contributed by atoms with van der Waals surface area (Å²) in [4.78, 5) is 0. The fraction of sp³-hybridized carbons (Fsp3) is 0.304. The molecule has 1 aliphatic rings. The standard InChI is InChI=1S/C23H22F3NO3/c1-2-29-18-9-4-3-6-14(18)13-19-21(28)20(22(30-19)27-17-10-11-17)15-7-5-8-16(12-15)23(24,25)26/h3-9,12,17,27-28H,2,10-11,13H2,1H3. The van der Waals surface area contributed by atoms with Crippen molar-refractivity contribution >= 4 is 5.88 Å². The van der Waals surface area contributed by atoms with Crippen LogP contribution in [0.5, 0.6) is 11.5 Å². The summed E-state index contributed by atoms with van der Waals surface area (Å²) in [5.41, 5.74) is 0.536. The molecule has 1 saturated carbocycles. The van der Waals surface area contributed by atoms with Gasteiger partial charge in [0.2, 0.25) is 5.88 Å². The van der Waals surface area contributed by atoms with Crippen molar-refractivity contribution in [2.45, 2.75) is 38.4 Å². The van der Waals surface area contributed by atoms with Gasteiger partial charge in [-0.3, -0.25) is 0 Å². The number of halogens is 3. The number of rotatable bonds is 7. The molecule has 1 heterocycles. The molecular weight excluding hydrogens is 395 g/mol. The Kier molecular flexibility index (Phi) is 5.37. The first-order valence-corrected chi connectivity index (χ1v) is 9.86. The van der Waals surface area contributed by atoms with Gasteiger partial charge in [0.25, 0.3) is 0 Å². The highest BCUT2D eigenvalue weighted by molar-refractivity contribution is 5.82. The van der Waals surface area contributed by atoms with Crippen molar-refractivity contribution in [3.8, 4) is 22.6 Å². The van der Waals surface area contributed by atoms with E-state index in [0.717, 1.165) is 30.5 Å². The van der Waals surface area contributed by atoms with Crippen molar-refractivity contribution in [3.05, 3.63) is 65.4 Å². The van der Waals surface area contributed by atoms with E-state index in [9.17, 15) is 18.3 Å². The third kappa shape index (κ3) is 4.25. The number of aromatic hydroxyl groups is 1. The Morgan fingerprint density at radius 3 is 2.60 bits per heavy atom. The zero-order chi connectivity index (χ0) is 21.3. The molecule has 0 spiro atoms. The van der Waals surface area contributed by atoms with Gasteiger partial charge in [-0.2, -0.15) is 13.2 Å². The van der Waals surface area contributed by atoms with Gasteiger partial charge in [-0.05, 0) is 43.5 Å². The van der Waals surface area contributed by atoms with Crippen LogP contribution >= 0.6 is 0 Å². The molecule has 0 bridgehead atoms. The van der Waals surface area contributed by atoms with E-state index in [1.807, 2.05) is 31.2 Å². The number of hydrogen-bond acceptors (Lipinski definition) is 4. The van der Waals surface area contributed by atoms with Gasteiger partial charge in [-0.25, -0.2) is 0 Å². The lowest BCUT2D eigenvalue weighted by Gasteiger charge is -2.10. The average molecular weight is 417 g/mol. The molecule has 0 atom stereocenters. The predicted molar refractivity (Wildman–Crippen MR) is 108 cm³/mol. The number of benzene rings is 2. The number of anilines is 1. The monoisotopic (exact) mass is 417 g/mol. The maximum Gasteiger partial charge on any atom is 0.416 e. The molecule has 0 amide bonds. The number of furan rings is 1. The smallest absolute Gasteiger partial charge is 0.416 e. The number of para-hydroxylation sites is 1. The van der Waals surface area contributed by atoms with Crippen LogP contribution in [-0.2, 0) is 12.6 Å². The quantitative estimate of drug-likeness (QED) is 0.478. The Bertz CT molecular complexity index is 1040. The van der Waals surface area contributed by atoms with E-state index in [-0.39, 0.29) is 35.1 Å². The predicted octanol–water partition coefficient (Wildman–Crippen LogP) is 6.23. The van der Waals surface area contributed by atoms with Gasteiger partial charge < -0.3 is 19.6 Å². The van der Waals surface area contributed by atoms with Crippen molar-refractivity contribution in [1.29, 1.82) is 0 Å². The van der Waals surface area contributed by atoms with Crippen LogP contribution in [0.25, 0.3) is 11.1 Å². The highest BCUT2D eigenvalue weighted by Gasteiger charge is 2.32. The van der Waals surface area contributed by atoms with Crippen molar-refractivity contribution in [1.82, 2.24) is 0 Å². The minimum Gasteiger partial charge on any atom is -0.504 e. The fourth-order valence-corrected chi connectivity index (χ4v) is 3.34. The molecule has 0 unspecified atom stereocenters. The van der Waals surface area contributed by atoms with Crippen molar-refractivity contribution in [3.63, 3.8) is 0 Å². The second-order valence-electron chi connectivity index (χ2n) is 7.29. The molecule has 2 N–H and O–H groups in total. The first-order valence-electron chi connectivity index (χ1n) is 9.86. The lowest BCUT2D eigenvalue weighted by Crippen LogP contribution is -2.05. The maximum atomic E-state index is 13.2. The minimum absolute atomic E-state index is 0.163. The average Bonchev–Trinajstić information content (AvgIpc) is 3.47. The number of ether oxygens (including phenoxy) is 1. The Morgan fingerprint density at radius 1 is 1.13 bits per heavy atom. The van der Waals surface area contributed by atoms with Crippen LogP contribution in [0.3, 0.4) is 0 Å². The molecule has 1 fully saturated rings. The largest absolute Gasteiger partial charge is 0.504 e. The molecule has 2 aromatic carbocycles. The van der Waals surface area contributed by atoms with E-state index in [1.54, 1.807) is 0 Å². The third-order valence-corrected chi connectivity index (χ3v) is 4.97. The lowest BCUT2D eigenvalue weighted by atomic mass is 10.0. The normalized spacial score (nSPS) is 14.0. The van der Waals surface area contributed by atoms with E-state index >= 15 is 0 Å². The zero-order valence-electron chi connectivity index (χ0n) is 16.4. The second kappa shape index (κ2) is 7.97. The van der Waals surface area contributed by atoms with Crippen LogP contribution in [0.4, 0.5) is 19.1 Å². The summed E-state index contributed by atoms with van der Waals surface area (Å²) in [6.45, 7) is 2.37. The van der Waals surface area contributed by atoms with Gasteiger partial charge in [-0.15, -0.1) is 0 Å². The van der Waals surface area contributed by atoms with Gasteiger partial charge in [0.1, 0.15) is 5.75 Å². The number of alkyl halides is 3. The zero-order valence-corrected chi connectivity index (χ0v) is 16.4. The molecule has 0 aliphatic heterocycles. The van der Waals surface area contributed by atoms with Gasteiger partial charge in [-0.1, -0.05) is 30.3 Å². The van der Waals surface area contributed by atoms with E-state index in [1.165, 1.54) is 12.1 Å². The molecule has 4 rings (SSSR count). The van der Waals surface area contributed by atoms with E-state index in [4.69, 9.17) is 9.15 Å². The van der Waals surface area contributed by atoms with E-state index < -0.39 is 11.7 Å². The molecule has 3 aromatic rings. The van der Waals surface area contributed by atoms with Crippen LogP contribution in [-0.4, -0.2) is 17.8 Å². The molecule has 1 aliphatic carbocycles. The molecule has 30 heavy (non-hydrogen) atoms. The first-order chi connectivity index (χ1) is 14.4. The molecule has 0 saturated heterocycles. The second-order valence-corrected chi connectivity index (χ2v) is 7.29. The SMILES string of the molecule is CCOc1ccccc1Cc1oc(NC2CC2)c(-c2cccc(C(F)(F)F)c2)c1O. The Balaban J connectivity index is 1.75. The van der Waals surface area contributed by atoms with Gasteiger partial charge in [0, 0.05) is 18.0 Å². The highest BCUT2D eigenvalue weighted by Crippen LogP contribution is 2.45. The van der Waals surface area contributed by atoms with E-state index in [0.29, 0.717) is 18.2 Å². The summed E-state index contributed by atoms with van der Waals surface area (Å²) < 4.78 is 51.1. The molecule has 158 valence electrons. The summed E-state index contributed by atoms with van der Waals surface area (Å²) in [7, 11) is 0. The van der Waals surface area contributed by atoms with Crippen molar-refractivity contribution in [2.75, 3.05) is 11.9 Å². The number of hydrogen-bond donors (Lipinski definition) is 2. The van der Waals surface area contributed by atoms with Crippen LogP contribution in [0.15, 0.2) is 52.9 Å². The van der Waals surface area contributed by atoms with Gasteiger partial charge in [0.05, 0.1) is 17.7 Å². The summed E-state index contributed by atoms with van der Waals surface area (Å²) >= 11 is 0. The first kappa shape index (κ1) is 20.2. The highest BCUT2D eigenvalue weighted by atomic mass is 19.4. The lowest BCUT2D eigenvalue weighted by molar-refractivity contribution is -0.137. The van der Waals surface area contributed by atoms with Gasteiger partial charge in [0.15, 0.2) is 11.5 Å².